The normalized spacial score (nSPS) is 11.4. The van der Waals surface area contributed by atoms with E-state index in [1.165, 1.54) is 0 Å². The molecule has 1 rings (SSSR count). The van der Waals surface area contributed by atoms with Crippen LogP contribution in [0.2, 0.25) is 0 Å². The first-order valence-corrected chi connectivity index (χ1v) is 4.07. The summed E-state index contributed by atoms with van der Waals surface area (Å²) in [6.07, 6.45) is 7.04. The van der Waals surface area contributed by atoms with Gasteiger partial charge in [-0.15, -0.1) is 0 Å². The summed E-state index contributed by atoms with van der Waals surface area (Å²) in [5.74, 6) is 0. The molecule has 0 aliphatic carbocycles. The quantitative estimate of drug-likeness (QED) is 0.556. The molecule has 0 aliphatic heterocycles. The fraction of sp³-hybridized carbons (Fsp3) is 0.200. The Morgan fingerprint density at radius 3 is 2.85 bits per heavy atom. The van der Waals surface area contributed by atoms with E-state index in [9.17, 15) is 0 Å². The van der Waals surface area contributed by atoms with Gasteiger partial charge in [-0.2, -0.15) is 0 Å². The molecule has 0 atom stereocenters. The predicted molar refractivity (Wildman–Crippen MR) is 54.9 cm³/mol. The first kappa shape index (κ1) is 9.45. The SMILES string of the molecule is C=CC(=CC)n1cncc1C(C)=N. The van der Waals surface area contributed by atoms with Crippen molar-refractivity contribution in [1.82, 2.24) is 9.55 Å². The lowest BCUT2D eigenvalue weighted by Gasteiger charge is -2.06. The Hall–Kier alpha value is -1.64. The molecule has 0 amide bonds. The van der Waals surface area contributed by atoms with Crippen LogP contribution in [-0.4, -0.2) is 15.3 Å². The summed E-state index contributed by atoms with van der Waals surface area (Å²) in [5.41, 5.74) is 2.24. The van der Waals surface area contributed by atoms with Gasteiger partial charge in [-0.25, -0.2) is 4.98 Å². The van der Waals surface area contributed by atoms with Crippen molar-refractivity contribution in [1.29, 1.82) is 5.41 Å². The molecular weight excluding hydrogens is 162 g/mol. The molecule has 1 aromatic rings. The van der Waals surface area contributed by atoms with Crippen LogP contribution in [0.1, 0.15) is 19.5 Å². The van der Waals surface area contributed by atoms with E-state index in [1.807, 2.05) is 17.6 Å². The number of nitrogens with one attached hydrogen (secondary N) is 1. The van der Waals surface area contributed by atoms with Crippen LogP contribution in [0.4, 0.5) is 0 Å². The van der Waals surface area contributed by atoms with E-state index >= 15 is 0 Å². The van der Waals surface area contributed by atoms with Crippen LogP contribution in [0.5, 0.6) is 0 Å². The van der Waals surface area contributed by atoms with Gasteiger partial charge in [0.25, 0.3) is 0 Å². The molecule has 0 aromatic carbocycles. The Morgan fingerprint density at radius 2 is 2.38 bits per heavy atom. The third kappa shape index (κ3) is 1.75. The molecule has 3 nitrogen and oxygen atoms in total. The van der Waals surface area contributed by atoms with Gasteiger partial charge in [0.15, 0.2) is 0 Å². The van der Waals surface area contributed by atoms with E-state index in [0.29, 0.717) is 5.71 Å². The van der Waals surface area contributed by atoms with E-state index in [1.54, 1.807) is 25.5 Å². The highest BCUT2D eigenvalue weighted by Crippen LogP contribution is 2.10. The lowest BCUT2D eigenvalue weighted by atomic mass is 10.3. The highest BCUT2D eigenvalue weighted by Gasteiger charge is 2.04. The monoisotopic (exact) mass is 175 g/mol. The molecule has 13 heavy (non-hydrogen) atoms. The minimum absolute atomic E-state index is 0.499. The third-order valence-corrected chi connectivity index (χ3v) is 1.81. The van der Waals surface area contributed by atoms with Crippen LogP contribution in [0.15, 0.2) is 31.3 Å². The van der Waals surface area contributed by atoms with Crippen molar-refractivity contribution in [3.8, 4) is 0 Å². The summed E-state index contributed by atoms with van der Waals surface area (Å²) in [6.45, 7) is 7.37. The van der Waals surface area contributed by atoms with E-state index in [0.717, 1.165) is 11.4 Å². The fourth-order valence-corrected chi connectivity index (χ4v) is 1.13. The summed E-state index contributed by atoms with van der Waals surface area (Å²) in [7, 11) is 0. The molecule has 1 heterocycles. The van der Waals surface area contributed by atoms with Crippen molar-refractivity contribution in [3.05, 3.63) is 36.9 Å². The van der Waals surface area contributed by atoms with Gasteiger partial charge >= 0.3 is 0 Å². The number of rotatable bonds is 3. The highest BCUT2D eigenvalue weighted by atomic mass is 15.1. The lowest BCUT2D eigenvalue weighted by Crippen LogP contribution is -2.03. The molecule has 0 spiro atoms. The lowest BCUT2D eigenvalue weighted by molar-refractivity contribution is 1.08. The van der Waals surface area contributed by atoms with Gasteiger partial charge in [0, 0.05) is 5.70 Å². The maximum Gasteiger partial charge on any atom is 0.0997 e. The molecule has 0 fully saturated rings. The van der Waals surface area contributed by atoms with Gasteiger partial charge < -0.3 is 5.41 Å². The van der Waals surface area contributed by atoms with Crippen molar-refractivity contribution < 1.29 is 0 Å². The second-order valence-corrected chi connectivity index (χ2v) is 2.69. The van der Waals surface area contributed by atoms with Gasteiger partial charge in [0.1, 0.15) is 0 Å². The van der Waals surface area contributed by atoms with E-state index in [4.69, 9.17) is 5.41 Å². The standard InChI is InChI=1S/C10H13N3/c1-4-9(5-2)13-7-12-6-10(13)8(3)11/h4-7,11H,1H2,2-3H3. The van der Waals surface area contributed by atoms with Crippen LogP contribution in [0.3, 0.4) is 0 Å². The Kier molecular flexibility index (Phi) is 2.80. The Morgan fingerprint density at radius 1 is 1.69 bits per heavy atom. The molecule has 68 valence electrons. The summed E-state index contributed by atoms with van der Waals surface area (Å²) >= 11 is 0. The largest absolute Gasteiger partial charge is 0.303 e. The summed E-state index contributed by atoms with van der Waals surface area (Å²) in [5, 5.41) is 7.51. The zero-order chi connectivity index (χ0) is 9.84. The molecule has 0 unspecified atom stereocenters. The molecule has 1 aromatic heterocycles. The average molecular weight is 175 g/mol. The van der Waals surface area contributed by atoms with Crippen LogP contribution < -0.4 is 0 Å². The average Bonchev–Trinajstić information content (AvgIpc) is 2.55. The van der Waals surface area contributed by atoms with Crippen molar-refractivity contribution in [2.75, 3.05) is 0 Å². The molecule has 0 aliphatic rings. The van der Waals surface area contributed by atoms with Crippen LogP contribution in [0, 0.1) is 5.41 Å². The van der Waals surface area contributed by atoms with E-state index < -0.39 is 0 Å². The Bertz CT molecular complexity index is 358. The summed E-state index contributed by atoms with van der Waals surface area (Å²) in [6, 6.07) is 0. The molecule has 0 saturated carbocycles. The highest BCUT2D eigenvalue weighted by molar-refractivity contribution is 5.95. The minimum atomic E-state index is 0.499. The Balaban J connectivity index is 3.21. The second kappa shape index (κ2) is 3.85. The number of hydrogen-bond acceptors (Lipinski definition) is 2. The van der Waals surface area contributed by atoms with Gasteiger partial charge in [-0.1, -0.05) is 12.7 Å². The van der Waals surface area contributed by atoms with Crippen molar-refractivity contribution >= 4 is 11.4 Å². The van der Waals surface area contributed by atoms with E-state index in [2.05, 4.69) is 11.6 Å². The number of aromatic nitrogens is 2. The van der Waals surface area contributed by atoms with E-state index in [-0.39, 0.29) is 0 Å². The predicted octanol–water partition coefficient (Wildman–Crippen LogP) is 2.32. The zero-order valence-electron chi connectivity index (χ0n) is 7.91. The number of nitrogens with zero attached hydrogens (tertiary/aromatic N) is 2. The van der Waals surface area contributed by atoms with Gasteiger partial charge in [0.05, 0.1) is 23.9 Å². The van der Waals surface area contributed by atoms with Gasteiger partial charge in [-0.3, -0.25) is 4.57 Å². The molecule has 0 radical (unpaired) electrons. The molecule has 1 N–H and O–H groups in total. The molecule has 0 saturated heterocycles. The number of hydrogen-bond donors (Lipinski definition) is 1. The van der Waals surface area contributed by atoms with Crippen LogP contribution >= 0.6 is 0 Å². The summed E-state index contributed by atoms with van der Waals surface area (Å²) < 4.78 is 1.84. The van der Waals surface area contributed by atoms with Gasteiger partial charge in [0.2, 0.25) is 0 Å². The third-order valence-electron chi connectivity index (χ3n) is 1.81. The summed E-state index contributed by atoms with van der Waals surface area (Å²) in [4.78, 5) is 3.99. The number of allylic oxidation sites excluding steroid dienone is 3. The van der Waals surface area contributed by atoms with Gasteiger partial charge in [-0.05, 0) is 19.9 Å². The maximum atomic E-state index is 7.51. The van der Waals surface area contributed by atoms with Crippen LogP contribution in [0.25, 0.3) is 5.70 Å². The first-order chi connectivity index (χ1) is 6.20. The zero-order valence-corrected chi connectivity index (χ0v) is 7.91. The topological polar surface area (TPSA) is 41.7 Å². The molecule has 0 bridgehead atoms. The van der Waals surface area contributed by atoms with Crippen molar-refractivity contribution in [2.45, 2.75) is 13.8 Å². The number of imidazole rings is 1. The minimum Gasteiger partial charge on any atom is -0.303 e. The van der Waals surface area contributed by atoms with Crippen molar-refractivity contribution in [2.24, 2.45) is 0 Å². The molecular formula is C10H13N3. The smallest absolute Gasteiger partial charge is 0.0997 e. The Labute approximate surface area is 77.9 Å². The molecule has 3 heteroatoms. The first-order valence-electron chi connectivity index (χ1n) is 4.07. The second-order valence-electron chi connectivity index (χ2n) is 2.69. The van der Waals surface area contributed by atoms with Crippen LogP contribution in [-0.2, 0) is 0 Å². The maximum absolute atomic E-state index is 7.51. The van der Waals surface area contributed by atoms with Crippen molar-refractivity contribution in [3.63, 3.8) is 0 Å². The fourth-order valence-electron chi connectivity index (χ4n) is 1.13.